The number of carboxylic acid groups (broad SMARTS) is 1. The molecule has 8 nitrogen and oxygen atoms in total. The van der Waals surface area contributed by atoms with E-state index < -0.39 is 28.0 Å². The molecule has 0 aromatic heterocycles. The van der Waals surface area contributed by atoms with E-state index in [1.165, 1.54) is 12.1 Å². The molecule has 0 saturated carbocycles. The van der Waals surface area contributed by atoms with E-state index in [4.69, 9.17) is 4.74 Å². The number of carbonyl (C=O) groups excluding carboxylic acids is 1. The Balaban J connectivity index is 1.77. The van der Waals surface area contributed by atoms with Crippen LogP contribution < -0.4 is 9.62 Å². The van der Waals surface area contributed by atoms with Gasteiger partial charge in [-0.2, -0.15) is 4.72 Å². The Kier molecular flexibility index (Phi) is 5.07. The van der Waals surface area contributed by atoms with Crippen molar-refractivity contribution in [1.82, 2.24) is 4.72 Å². The molecule has 1 aromatic rings. The van der Waals surface area contributed by atoms with Gasteiger partial charge in [-0.25, -0.2) is 8.42 Å². The molecule has 9 heteroatoms. The molecule has 2 aliphatic heterocycles. The van der Waals surface area contributed by atoms with Crippen LogP contribution in [0.5, 0.6) is 0 Å². The summed E-state index contributed by atoms with van der Waals surface area (Å²) in [4.78, 5) is 24.8. The monoisotopic (exact) mass is 368 g/mol. The summed E-state index contributed by atoms with van der Waals surface area (Å²) in [6.07, 6.45) is 1.77. The summed E-state index contributed by atoms with van der Waals surface area (Å²) in [6.45, 7) is 1.26. The molecule has 0 spiro atoms. The lowest BCUT2D eigenvalue weighted by molar-refractivity contribution is -0.140. The predicted octanol–water partition coefficient (Wildman–Crippen LogP) is 0.581. The lowest BCUT2D eigenvalue weighted by atomic mass is 10.0. The van der Waals surface area contributed by atoms with Crippen molar-refractivity contribution >= 4 is 27.6 Å². The first-order valence-electron chi connectivity index (χ1n) is 8.12. The molecule has 0 aliphatic carbocycles. The van der Waals surface area contributed by atoms with Crippen LogP contribution in [0.2, 0.25) is 0 Å². The molecule has 2 atom stereocenters. The number of rotatable bonds is 6. The van der Waals surface area contributed by atoms with Crippen molar-refractivity contribution in [1.29, 1.82) is 0 Å². The van der Waals surface area contributed by atoms with Gasteiger partial charge in [0.25, 0.3) is 0 Å². The number of benzene rings is 1. The van der Waals surface area contributed by atoms with Gasteiger partial charge in [-0.1, -0.05) is 0 Å². The van der Waals surface area contributed by atoms with Crippen LogP contribution in [-0.2, 0) is 24.3 Å². The van der Waals surface area contributed by atoms with Gasteiger partial charge in [0.2, 0.25) is 15.9 Å². The van der Waals surface area contributed by atoms with Gasteiger partial charge in [0, 0.05) is 31.2 Å². The van der Waals surface area contributed by atoms with E-state index in [2.05, 4.69) is 4.72 Å². The highest BCUT2D eigenvalue weighted by Crippen LogP contribution is 2.24. The van der Waals surface area contributed by atoms with Crippen LogP contribution in [0.25, 0.3) is 0 Å². The normalized spacial score (nSPS) is 22.3. The molecule has 2 N–H and O–H groups in total. The third kappa shape index (κ3) is 3.83. The van der Waals surface area contributed by atoms with Crippen molar-refractivity contribution < 1.29 is 27.9 Å². The van der Waals surface area contributed by atoms with Gasteiger partial charge in [0.1, 0.15) is 6.04 Å². The van der Waals surface area contributed by atoms with Crippen LogP contribution in [0.15, 0.2) is 29.2 Å². The number of sulfonamides is 1. The molecule has 1 aromatic carbocycles. The Morgan fingerprint density at radius 3 is 2.56 bits per heavy atom. The van der Waals surface area contributed by atoms with Crippen molar-refractivity contribution in [3.8, 4) is 0 Å². The second-order valence-electron chi connectivity index (χ2n) is 6.20. The number of amides is 1. The topological polar surface area (TPSA) is 113 Å². The summed E-state index contributed by atoms with van der Waals surface area (Å²) in [5, 5.41) is 9.33. The summed E-state index contributed by atoms with van der Waals surface area (Å²) in [5.41, 5.74) is 0.639. The van der Waals surface area contributed by atoms with Gasteiger partial charge in [-0.3, -0.25) is 9.59 Å². The van der Waals surface area contributed by atoms with E-state index >= 15 is 0 Å². The first-order valence-corrected chi connectivity index (χ1v) is 9.60. The fraction of sp³-hybridized carbons (Fsp3) is 0.500. The molecule has 2 fully saturated rings. The van der Waals surface area contributed by atoms with Gasteiger partial charge in [0.05, 0.1) is 11.5 Å². The number of nitrogens with zero attached hydrogens (tertiary/aromatic N) is 1. The van der Waals surface area contributed by atoms with E-state index in [9.17, 15) is 23.1 Å². The van der Waals surface area contributed by atoms with Crippen molar-refractivity contribution in [2.24, 2.45) is 5.92 Å². The largest absolute Gasteiger partial charge is 0.480 e. The van der Waals surface area contributed by atoms with Crippen molar-refractivity contribution in [3.05, 3.63) is 24.3 Å². The second-order valence-corrected chi connectivity index (χ2v) is 7.92. The summed E-state index contributed by atoms with van der Waals surface area (Å²) in [7, 11) is -3.99. The van der Waals surface area contributed by atoms with Crippen molar-refractivity contribution in [2.45, 2.75) is 30.2 Å². The first kappa shape index (κ1) is 17.8. The first-order chi connectivity index (χ1) is 11.9. The molecule has 136 valence electrons. The molecule has 1 amide bonds. The van der Waals surface area contributed by atoms with Gasteiger partial charge >= 0.3 is 5.97 Å². The van der Waals surface area contributed by atoms with E-state index in [1.54, 1.807) is 17.0 Å². The predicted molar refractivity (Wildman–Crippen MR) is 88.7 cm³/mol. The molecule has 0 bridgehead atoms. The van der Waals surface area contributed by atoms with Gasteiger partial charge in [0.15, 0.2) is 0 Å². The second kappa shape index (κ2) is 7.11. The number of hydrogen-bond acceptors (Lipinski definition) is 5. The fourth-order valence-corrected chi connectivity index (χ4v) is 4.38. The highest BCUT2D eigenvalue weighted by molar-refractivity contribution is 7.89. The Morgan fingerprint density at radius 1 is 1.32 bits per heavy atom. The number of hydrogen-bond donors (Lipinski definition) is 2. The zero-order valence-electron chi connectivity index (χ0n) is 13.6. The van der Waals surface area contributed by atoms with Crippen LogP contribution in [0.3, 0.4) is 0 Å². The quantitative estimate of drug-likeness (QED) is 0.759. The molecule has 2 saturated heterocycles. The van der Waals surface area contributed by atoms with Crippen molar-refractivity contribution in [3.63, 3.8) is 0 Å². The third-order valence-corrected chi connectivity index (χ3v) is 5.97. The standard InChI is InChI=1S/C16H20N2O6S/c19-14-2-1-8-18(14)12-3-5-13(6-4-12)25(22,23)17-15(16(20)21)11-7-9-24-10-11/h3-6,11,15,17H,1-2,7-10H2,(H,20,21). The Morgan fingerprint density at radius 2 is 2.04 bits per heavy atom. The average Bonchev–Trinajstić information content (AvgIpc) is 3.24. The van der Waals surface area contributed by atoms with E-state index in [0.29, 0.717) is 31.7 Å². The highest BCUT2D eigenvalue weighted by atomic mass is 32.2. The summed E-state index contributed by atoms with van der Waals surface area (Å²) in [5.74, 6) is -1.60. The Labute approximate surface area is 145 Å². The van der Waals surface area contributed by atoms with Crippen molar-refractivity contribution in [2.75, 3.05) is 24.7 Å². The molecule has 2 heterocycles. The van der Waals surface area contributed by atoms with Gasteiger partial charge in [-0.15, -0.1) is 0 Å². The molecular weight excluding hydrogens is 348 g/mol. The minimum Gasteiger partial charge on any atom is -0.480 e. The Hall–Kier alpha value is -1.97. The summed E-state index contributed by atoms with van der Waals surface area (Å²) in [6, 6.07) is 4.66. The Bertz CT molecular complexity index is 755. The maximum absolute atomic E-state index is 12.5. The molecule has 2 unspecified atom stereocenters. The number of ether oxygens (including phenoxy) is 1. The van der Waals surface area contributed by atoms with Gasteiger partial charge < -0.3 is 14.7 Å². The number of nitrogens with one attached hydrogen (secondary N) is 1. The highest BCUT2D eigenvalue weighted by Gasteiger charge is 2.35. The van der Waals surface area contributed by atoms with Gasteiger partial charge in [-0.05, 0) is 37.1 Å². The van der Waals surface area contributed by atoms with Crippen LogP contribution in [0.1, 0.15) is 19.3 Å². The zero-order valence-corrected chi connectivity index (χ0v) is 14.4. The lowest BCUT2D eigenvalue weighted by Gasteiger charge is -2.20. The third-order valence-electron chi connectivity index (χ3n) is 4.52. The SMILES string of the molecule is O=C(O)C(NS(=O)(=O)c1ccc(N2CCCC2=O)cc1)C1CCOC1. The number of aliphatic carboxylic acids is 1. The van der Waals surface area contributed by atoms with E-state index in [-0.39, 0.29) is 17.4 Å². The smallest absolute Gasteiger partial charge is 0.322 e. The van der Waals surface area contributed by atoms with E-state index in [0.717, 1.165) is 6.42 Å². The van der Waals surface area contributed by atoms with Crippen LogP contribution in [-0.4, -0.2) is 51.2 Å². The fourth-order valence-electron chi connectivity index (χ4n) is 3.13. The molecule has 0 radical (unpaired) electrons. The summed E-state index contributed by atoms with van der Waals surface area (Å²) < 4.78 is 32.4. The van der Waals surface area contributed by atoms with Crippen LogP contribution in [0, 0.1) is 5.92 Å². The summed E-state index contributed by atoms with van der Waals surface area (Å²) >= 11 is 0. The average molecular weight is 368 g/mol. The van der Waals surface area contributed by atoms with E-state index in [1.807, 2.05) is 0 Å². The maximum Gasteiger partial charge on any atom is 0.322 e. The van der Waals surface area contributed by atoms with Crippen LogP contribution in [0.4, 0.5) is 5.69 Å². The lowest BCUT2D eigenvalue weighted by Crippen LogP contribution is -2.46. The maximum atomic E-state index is 12.5. The number of carboxylic acids is 1. The number of anilines is 1. The molecular formula is C16H20N2O6S. The van der Waals surface area contributed by atoms with Crippen LogP contribution >= 0.6 is 0 Å². The zero-order chi connectivity index (χ0) is 18.0. The minimum atomic E-state index is -3.99. The molecule has 2 aliphatic rings. The minimum absolute atomic E-state index is 0.0147. The number of carbonyl (C=O) groups is 2. The molecule has 3 rings (SSSR count). The molecule has 25 heavy (non-hydrogen) atoms.